The van der Waals surface area contributed by atoms with Crippen molar-refractivity contribution in [1.82, 2.24) is 24.0 Å². The first-order valence-electron chi connectivity index (χ1n) is 14.0. The number of hydrogen-bond donors (Lipinski definition) is 3. The smallest absolute Gasteiger partial charge is 0.459 e. The number of rotatable bonds is 15. The van der Waals surface area contributed by atoms with E-state index < -0.39 is 63.7 Å². The van der Waals surface area contributed by atoms with Gasteiger partial charge in [-0.1, -0.05) is 24.3 Å². The molecule has 1 aromatic heterocycles. The molecular weight excluding hydrogens is 620 g/mol. The molecule has 5 rings (SSSR count). The third-order valence-electron chi connectivity index (χ3n) is 6.99. The second-order valence-corrected chi connectivity index (χ2v) is 14.4. The number of hydrogen-bond acceptors (Lipinski definition) is 11. The molecule has 3 N–H and O–H groups in total. The van der Waals surface area contributed by atoms with Crippen LogP contribution in [0.1, 0.15) is 25.1 Å². The number of aromatic nitrogens is 2. The van der Waals surface area contributed by atoms with Crippen LogP contribution < -0.4 is 20.9 Å². The van der Waals surface area contributed by atoms with Crippen LogP contribution >= 0.6 is 15.4 Å². The maximum absolute atomic E-state index is 13.6. The van der Waals surface area contributed by atoms with Crippen molar-refractivity contribution in [3.63, 3.8) is 0 Å². The van der Waals surface area contributed by atoms with Crippen molar-refractivity contribution < 1.29 is 42.1 Å². The minimum absolute atomic E-state index is 0.00532. The molecule has 3 aliphatic rings. The third kappa shape index (κ3) is 7.83. The van der Waals surface area contributed by atoms with E-state index in [9.17, 15) is 28.6 Å². The molecule has 0 amide bonds. The summed E-state index contributed by atoms with van der Waals surface area (Å²) in [6, 6.07) is 7.09. The van der Waals surface area contributed by atoms with E-state index in [1.807, 2.05) is 0 Å². The van der Waals surface area contributed by atoms with E-state index in [1.165, 1.54) is 32.4 Å². The zero-order valence-corrected chi connectivity index (χ0v) is 25.9. The van der Waals surface area contributed by atoms with Gasteiger partial charge in [-0.15, -0.1) is 0 Å². The molecule has 16 nitrogen and oxygen atoms in total. The largest absolute Gasteiger partial charge is 0.468 e. The van der Waals surface area contributed by atoms with Crippen molar-refractivity contribution in [3.05, 3.63) is 69.0 Å². The van der Waals surface area contributed by atoms with Crippen LogP contribution in [0.4, 0.5) is 0 Å². The van der Waals surface area contributed by atoms with Crippen molar-refractivity contribution in [3.8, 4) is 5.75 Å². The topological polar surface area (TPSA) is 190 Å². The molecule has 18 heteroatoms. The molecule has 4 unspecified atom stereocenters. The summed E-state index contributed by atoms with van der Waals surface area (Å²) >= 11 is 0. The number of ether oxygens (including phenoxy) is 2. The van der Waals surface area contributed by atoms with Gasteiger partial charge in [-0.05, 0) is 25.1 Å². The van der Waals surface area contributed by atoms with Gasteiger partial charge >= 0.3 is 27.1 Å². The maximum atomic E-state index is 13.6. The lowest BCUT2D eigenvalue weighted by atomic mass is 10.2. The predicted octanol–water partition coefficient (Wildman–Crippen LogP) is 1.31. The molecule has 240 valence electrons. The first-order chi connectivity index (χ1) is 21.0. The number of methoxy groups -OCH3 is 1. The SMILES string of the molecule is COC(=O)C(C)NP(=O)(OC[C@H]1OC(n2cc(/C=C/COP(=O)(N3CC3)N3CC3)c(=O)[nH]c2=O)CC1O)Oc1ccccc1. The van der Waals surface area contributed by atoms with Crippen LogP contribution in [-0.2, 0) is 32.4 Å². The van der Waals surface area contributed by atoms with E-state index in [0.717, 1.165) is 4.57 Å². The molecular formula is C26H35N5O11P2. The highest BCUT2D eigenvalue weighted by Crippen LogP contribution is 2.60. The lowest BCUT2D eigenvalue weighted by Gasteiger charge is -2.24. The number of aliphatic hydroxyl groups is 1. The average Bonchev–Trinajstić information content (AvgIpc) is 3.92. The molecule has 4 heterocycles. The number of para-hydroxylation sites is 1. The molecule has 0 spiro atoms. The molecule has 0 bridgehead atoms. The van der Waals surface area contributed by atoms with E-state index in [0.29, 0.717) is 26.2 Å². The van der Waals surface area contributed by atoms with Gasteiger partial charge in [0, 0.05) is 38.8 Å². The Morgan fingerprint density at radius 1 is 1.16 bits per heavy atom. The van der Waals surface area contributed by atoms with Crippen LogP contribution in [0.2, 0.25) is 0 Å². The molecule has 0 aliphatic carbocycles. The summed E-state index contributed by atoms with van der Waals surface area (Å²) in [5.41, 5.74) is -1.30. The monoisotopic (exact) mass is 655 g/mol. The zero-order valence-electron chi connectivity index (χ0n) is 24.1. The highest BCUT2D eigenvalue weighted by molar-refractivity contribution is 7.54. The number of esters is 1. The number of nitrogens with one attached hydrogen (secondary N) is 2. The number of H-pyrrole nitrogens is 1. The number of aliphatic hydroxyl groups excluding tert-OH is 1. The Morgan fingerprint density at radius 3 is 2.48 bits per heavy atom. The molecule has 1 aromatic carbocycles. The highest BCUT2D eigenvalue weighted by Gasteiger charge is 2.49. The van der Waals surface area contributed by atoms with Crippen LogP contribution in [0.3, 0.4) is 0 Å². The Balaban J connectivity index is 1.24. The van der Waals surface area contributed by atoms with Crippen LogP contribution in [0.15, 0.2) is 52.2 Å². The molecule has 44 heavy (non-hydrogen) atoms. The molecule has 0 saturated carbocycles. The fourth-order valence-corrected chi connectivity index (χ4v) is 8.13. The summed E-state index contributed by atoms with van der Waals surface area (Å²) in [6.07, 6.45) is 1.05. The van der Waals surface area contributed by atoms with Gasteiger partial charge in [-0.3, -0.25) is 28.2 Å². The molecule has 5 atom stereocenters. The normalized spacial score (nSPS) is 24.2. The van der Waals surface area contributed by atoms with Gasteiger partial charge in [0.25, 0.3) is 5.56 Å². The van der Waals surface area contributed by atoms with Gasteiger partial charge in [0.2, 0.25) is 0 Å². The van der Waals surface area contributed by atoms with Gasteiger partial charge in [-0.2, -0.15) is 5.09 Å². The lowest BCUT2D eigenvalue weighted by molar-refractivity contribution is -0.142. The minimum atomic E-state index is -4.20. The Kier molecular flexibility index (Phi) is 10.0. The summed E-state index contributed by atoms with van der Waals surface area (Å²) in [6.45, 7) is 3.82. The van der Waals surface area contributed by atoms with Crippen LogP contribution in [0.5, 0.6) is 5.75 Å². The van der Waals surface area contributed by atoms with Gasteiger partial charge in [-0.25, -0.2) is 18.7 Å². The summed E-state index contributed by atoms with van der Waals surface area (Å²) in [7, 11) is -6.03. The van der Waals surface area contributed by atoms with E-state index in [-0.39, 0.29) is 24.3 Å². The van der Waals surface area contributed by atoms with E-state index in [1.54, 1.807) is 39.7 Å². The molecule has 2 aromatic rings. The van der Waals surface area contributed by atoms with Crippen molar-refractivity contribution >= 4 is 27.5 Å². The Bertz CT molecular complexity index is 1560. The lowest BCUT2D eigenvalue weighted by Crippen LogP contribution is -2.36. The molecule has 3 fully saturated rings. The van der Waals surface area contributed by atoms with E-state index in [4.69, 9.17) is 18.3 Å². The van der Waals surface area contributed by atoms with E-state index in [2.05, 4.69) is 14.8 Å². The van der Waals surface area contributed by atoms with Crippen LogP contribution in [0.25, 0.3) is 6.08 Å². The molecule has 3 aliphatic heterocycles. The van der Waals surface area contributed by atoms with Crippen molar-refractivity contribution in [1.29, 1.82) is 0 Å². The summed E-state index contributed by atoms with van der Waals surface area (Å²) in [5.74, 6) is -0.498. The van der Waals surface area contributed by atoms with Crippen LogP contribution in [-0.4, -0.2) is 94.7 Å². The standard InChI is InChI=1S/C26H35N5O11P2/c1-18(25(34)38-2)28-43(36,42-20-8-4-3-5-9-20)40-17-22-21(32)15-23(41-22)31-16-19(24(33)27-26(31)35)7-6-14-39-44(37,29-10-11-29)30-12-13-30/h3-9,16,18,21-23,32H,10-15,17H2,1-2H3,(H,28,36)(H,27,33,35)/b7-6+/t18?,21?,22-,23?,43?/m1/s1. The van der Waals surface area contributed by atoms with Crippen molar-refractivity contribution in [2.75, 3.05) is 46.5 Å². The van der Waals surface area contributed by atoms with Crippen LogP contribution in [0, 0.1) is 0 Å². The predicted molar refractivity (Wildman–Crippen MR) is 157 cm³/mol. The minimum Gasteiger partial charge on any atom is -0.468 e. The molecule has 3 saturated heterocycles. The third-order valence-corrected chi connectivity index (χ3v) is 11.4. The van der Waals surface area contributed by atoms with Crippen molar-refractivity contribution in [2.24, 2.45) is 0 Å². The maximum Gasteiger partial charge on any atom is 0.459 e. The number of nitrogens with zero attached hydrogens (tertiary/aromatic N) is 3. The average molecular weight is 656 g/mol. The van der Waals surface area contributed by atoms with Crippen molar-refractivity contribution in [2.45, 2.75) is 37.8 Å². The Morgan fingerprint density at radius 2 is 1.84 bits per heavy atom. The number of benzene rings is 1. The zero-order chi connectivity index (χ0) is 31.5. The number of aromatic amines is 1. The fraction of sp³-hybridized carbons (Fsp3) is 0.500. The second-order valence-electron chi connectivity index (χ2n) is 10.4. The Labute approximate surface area is 252 Å². The van der Waals surface area contributed by atoms with Gasteiger partial charge in [0.05, 0.1) is 32.0 Å². The Hall–Kier alpha value is -2.91. The summed E-state index contributed by atoms with van der Waals surface area (Å²) < 4.78 is 58.6. The number of carbonyl (C=O) groups excluding carboxylic acids is 1. The quantitative estimate of drug-likeness (QED) is 0.141. The van der Waals surface area contributed by atoms with E-state index >= 15 is 0 Å². The summed E-state index contributed by atoms with van der Waals surface area (Å²) in [5, 5.41) is 13.2. The first-order valence-corrected chi connectivity index (χ1v) is 17.0. The first kappa shape index (κ1) is 32.5. The highest BCUT2D eigenvalue weighted by atomic mass is 31.2. The van der Waals surface area contributed by atoms with Gasteiger partial charge in [0.1, 0.15) is 24.1 Å². The fourth-order valence-electron chi connectivity index (χ4n) is 4.47. The van der Waals surface area contributed by atoms with Gasteiger partial charge in [0.15, 0.2) is 0 Å². The second kappa shape index (κ2) is 13.6. The summed E-state index contributed by atoms with van der Waals surface area (Å²) in [4.78, 5) is 39.3. The molecule has 0 radical (unpaired) electrons. The number of carbonyl (C=O) groups is 1. The van der Waals surface area contributed by atoms with Gasteiger partial charge < -0.3 is 23.6 Å².